The molecule has 0 aliphatic carbocycles. The average molecular weight is 837 g/mol. The van der Waals surface area contributed by atoms with Crippen LogP contribution in [0.2, 0.25) is 15.1 Å². The highest BCUT2D eigenvalue weighted by atomic mass is 79.9. The van der Waals surface area contributed by atoms with Gasteiger partial charge in [0.2, 0.25) is 12.6 Å². The summed E-state index contributed by atoms with van der Waals surface area (Å²) < 4.78 is 11.2. The van der Waals surface area contributed by atoms with E-state index in [1.165, 1.54) is 12.1 Å². The van der Waals surface area contributed by atoms with Crippen LogP contribution in [-0.2, 0) is 9.47 Å². The van der Waals surface area contributed by atoms with Gasteiger partial charge in [-0.1, -0.05) is 34.8 Å². The van der Waals surface area contributed by atoms with E-state index in [1.807, 2.05) is 0 Å². The molecule has 1 aliphatic rings. The number of aliphatic hydroxyl groups is 2. The van der Waals surface area contributed by atoms with E-state index in [-0.39, 0.29) is 16.4 Å². The van der Waals surface area contributed by atoms with Crippen LogP contribution in [0, 0.1) is 10.1 Å². The van der Waals surface area contributed by atoms with Crippen LogP contribution in [0.25, 0.3) is 11.0 Å². The number of anilines is 3. The molecule has 0 bridgehead atoms. The number of hydrogen-bond donors (Lipinski definition) is 5. The Morgan fingerprint density at radius 1 is 0.786 bits per heavy atom. The highest BCUT2D eigenvalue weighted by Gasteiger charge is 2.21. The molecule has 2 unspecified atom stereocenters. The molecule has 18 heteroatoms. The Morgan fingerprint density at radius 3 is 1.79 bits per heavy atom. The van der Waals surface area contributed by atoms with Gasteiger partial charge in [0, 0.05) is 46.9 Å². The van der Waals surface area contributed by atoms with Crippen molar-refractivity contribution < 1.29 is 24.6 Å². The maximum atomic E-state index is 10.4. The van der Waals surface area contributed by atoms with Crippen LogP contribution in [0.4, 0.5) is 22.7 Å². The van der Waals surface area contributed by atoms with Gasteiger partial charge in [0.05, 0.1) is 35.0 Å². The van der Waals surface area contributed by atoms with Gasteiger partial charge < -0.3 is 36.9 Å². The topological polar surface area (TPSA) is 206 Å². The number of nitrogen functional groups attached to an aromatic ring is 3. The van der Waals surface area contributed by atoms with Crippen molar-refractivity contribution in [3.63, 3.8) is 0 Å². The zero-order valence-corrected chi connectivity index (χ0v) is 28.1. The quantitative estimate of drug-likeness (QED) is 0.0787. The maximum Gasteiger partial charge on any atom is 0.294 e. The smallest absolute Gasteiger partial charge is 0.294 e. The molecule has 0 radical (unpaired) electrons. The minimum Gasteiger partial charge on any atom is -0.397 e. The van der Waals surface area contributed by atoms with Gasteiger partial charge in [-0.3, -0.25) is 20.1 Å². The fraction of sp³-hybridized carbons (Fsp3) is 0.167. The summed E-state index contributed by atoms with van der Waals surface area (Å²) in [6, 6.07) is 9.62. The lowest BCUT2D eigenvalue weighted by atomic mass is 10.3. The number of aliphatic hydroxyl groups excluding tert-OH is 2. The summed E-state index contributed by atoms with van der Waals surface area (Å²) >= 11 is 26.7. The molecule has 1 aromatic heterocycles. The molecule has 226 valence electrons. The standard InChI is InChI=1S/C8H4BrClN2.C6H4BrClN2O2.C6H6BrClN2.C4H8O4/c9-6-3-5(10)4-7-8(6)12-2-1-11-7;7-4-1-3(8)2-5(6(4)9)10(11)12;7-4-1-3(8)2-5(9)6(4)10;5-3-4(6)8-2-1-7-3/h1-4H;1-2H,9H2;1-2H,9-10H2;3-6H,1-2H2. The first kappa shape index (κ1) is 36.1. The summed E-state index contributed by atoms with van der Waals surface area (Å²) in [5.74, 6) is 0. The van der Waals surface area contributed by atoms with Gasteiger partial charge >= 0.3 is 0 Å². The van der Waals surface area contributed by atoms with E-state index in [9.17, 15) is 10.1 Å². The number of nitrogens with zero attached hydrogens (tertiary/aromatic N) is 3. The fourth-order valence-electron chi connectivity index (χ4n) is 2.83. The molecule has 0 saturated carbocycles. The summed E-state index contributed by atoms with van der Waals surface area (Å²) in [5.41, 5.74) is 19.0. The predicted octanol–water partition coefficient (Wildman–Crippen LogP) is 6.58. The molecular formula is C24H22Br3Cl3N6O6. The van der Waals surface area contributed by atoms with E-state index in [2.05, 4.69) is 67.2 Å². The highest BCUT2D eigenvalue weighted by Crippen LogP contribution is 2.33. The SMILES string of the molecule is Clc1cc(Br)c2nccnc2c1.Nc1c(Br)cc(Cl)cc1[N+](=O)[O-].Nc1cc(Cl)cc(Br)c1N.OC1OCCOC1O. The van der Waals surface area contributed by atoms with Crippen molar-refractivity contribution >= 4 is 116 Å². The third kappa shape index (κ3) is 11.2. The second-order valence-electron chi connectivity index (χ2n) is 7.80. The van der Waals surface area contributed by atoms with Crippen molar-refractivity contribution in [2.75, 3.05) is 30.4 Å². The van der Waals surface area contributed by atoms with Crippen LogP contribution >= 0.6 is 82.6 Å². The molecule has 42 heavy (non-hydrogen) atoms. The summed E-state index contributed by atoms with van der Waals surface area (Å²) in [4.78, 5) is 18.1. The average Bonchev–Trinajstić information content (AvgIpc) is 2.92. The number of nitrogens with two attached hydrogens (primary N) is 3. The summed E-state index contributed by atoms with van der Waals surface area (Å²) in [7, 11) is 0. The molecule has 0 amide bonds. The van der Waals surface area contributed by atoms with Crippen molar-refractivity contribution in [3.05, 3.63) is 87.4 Å². The number of fused-ring (bicyclic) bond motifs is 1. The third-order valence-corrected chi connectivity index (χ3v) is 7.36. The zero-order chi connectivity index (χ0) is 31.6. The van der Waals surface area contributed by atoms with Gasteiger partial charge in [-0.2, -0.15) is 0 Å². The van der Waals surface area contributed by atoms with Crippen LogP contribution in [0.1, 0.15) is 0 Å². The van der Waals surface area contributed by atoms with E-state index in [4.69, 9.17) is 62.2 Å². The number of benzene rings is 3. The first-order valence-electron chi connectivity index (χ1n) is 11.2. The molecule has 2 heterocycles. The zero-order valence-electron chi connectivity index (χ0n) is 21.1. The molecule has 1 fully saturated rings. The van der Waals surface area contributed by atoms with Gasteiger partial charge in [0.25, 0.3) is 5.69 Å². The van der Waals surface area contributed by atoms with Gasteiger partial charge in [0.1, 0.15) is 11.2 Å². The molecular weight excluding hydrogens is 814 g/mol. The lowest BCUT2D eigenvalue weighted by molar-refractivity contribution is -0.383. The van der Waals surface area contributed by atoms with Crippen LogP contribution in [-0.4, -0.2) is 50.9 Å². The number of hydrogen-bond acceptors (Lipinski definition) is 11. The lowest BCUT2D eigenvalue weighted by Gasteiger charge is -2.23. The molecule has 0 spiro atoms. The Balaban J connectivity index is 0.000000198. The Morgan fingerprint density at radius 2 is 1.26 bits per heavy atom. The Labute approximate surface area is 279 Å². The highest BCUT2D eigenvalue weighted by molar-refractivity contribution is 9.11. The lowest BCUT2D eigenvalue weighted by Crippen LogP contribution is -2.37. The number of rotatable bonds is 1. The van der Waals surface area contributed by atoms with Crippen LogP contribution in [0.15, 0.2) is 62.2 Å². The van der Waals surface area contributed by atoms with Crippen LogP contribution < -0.4 is 17.2 Å². The first-order valence-corrected chi connectivity index (χ1v) is 14.8. The van der Waals surface area contributed by atoms with Crippen LogP contribution in [0.3, 0.4) is 0 Å². The Kier molecular flexibility index (Phi) is 14.9. The van der Waals surface area contributed by atoms with E-state index >= 15 is 0 Å². The molecule has 12 nitrogen and oxygen atoms in total. The molecule has 3 aromatic carbocycles. The number of ether oxygens (including phenoxy) is 2. The Bertz CT molecular complexity index is 1510. The van der Waals surface area contributed by atoms with Gasteiger partial charge in [-0.05, 0) is 78.1 Å². The van der Waals surface area contributed by atoms with E-state index in [1.54, 1.807) is 36.7 Å². The van der Waals surface area contributed by atoms with Crippen molar-refractivity contribution in [3.8, 4) is 0 Å². The number of nitro groups is 1. The molecule has 5 rings (SSSR count). The Hall–Kier alpha value is -2.05. The van der Waals surface area contributed by atoms with Gasteiger partial charge in [-0.25, -0.2) is 0 Å². The number of aromatic nitrogens is 2. The summed E-state index contributed by atoms with van der Waals surface area (Å²) in [6.45, 7) is 0.691. The van der Waals surface area contributed by atoms with Crippen molar-refractivity contribution in [2.45, 2.75) is 12.6 Å². The minimum atomic E-state index is -1.16. The number of halogens is 6. The molecule has 2 atom stereocenters. The monoisotopic (exact) mass is 832 g/mol. The van der Waals surface area contributed by atoms with Gasteiger partial charge in [-0.15, -0.1) is 0 Å². The van der Waals surface area contributed by atoms with E-state index in [0.29, 0.717) is 39.1 Å². The normalized spacial score (nSPS) is 15.7. The minimum absolute atomic E-state index is 0.0874. The molecule has 4 aromatic rings. The fourth-order valence-corrected chi connectivity index (χ4v) is 5.35. The predicted molar refractivity (Wildman–Crippen MR) is 174 cm³/mol. The maximum absolute atomic E-state index is 10.4. The summed E-state index contributed by atoms with van der Waals surface area (Å²) in [6.07, 6.45) is 0.971. The van der Waals surface area contributed by atoms with E-state index in [0.717, 1.165) is 20.0 Å². The van der Waals surface area contributed by atoms with Gasteiger partial charge in [0.15, 0.2) is 0 Å². The molecule has 8 N–H and O–H groups in total. The molecule has 1 aliphatic heterocycles. The number of nitro benzene ring substituents is 1. The largest absolute Gasteiger partial charge is 0.397 e. The molecule has 1 saturated heterocycles. The second-order valence-corrected chi connectivity index (χ2v) is 11.7. The van der Waals surface area contributed by atoms with Crippen molar-refractivity contribution in [2.24, 2.45) is 0 Å². The van der Waals surface area contributed by atoms with Crippen LogP contribution in [0.5, 0.6) is 0 Å². The van der Waals surface area contributed by atoms with E-state index < -0.39 is 17.5 Å². The van der Waals surface area contributed by atoms with Crippen molar-refractivity contribution in [1.82, 2.24) is 9.97 Å². The third-order valence-electron chi connectivity index (χ3n) is 4.79. The summed E-state index contributed by atoms with van der Waals surface area (Å²) in [5, 5.41) is 29.1. The second kappa shape index (κ2) is 17.3. The van der Waals surface area contributed by atoms with Crippen molar-refractivity contribution in [1.29, 1.82) is 0 Å². The first-order chi connectivity index (χ1) is 19.7.